The Hall–Kier alpha value is -3.39. The lowest BCUT2D eigenvalue weighted by molar-refractivity contribution is 0.0955. The normalized spacial score (nSPS) is 10.8. The van der Waals surface area contributed by atoms with Crippen LogP contribution in [0, 0.1) is 19.3 Å². The van der Waals surface area contributed by atoms with Crippen molar-refractivity contribution in [2.24, 2.45) is 5.10 Å². The van der Waals surface area contributed by atoms with Gasteiger partial charge in [-0.25, -0.2) is 5.43 Å². The first-order valence-electron chi connectivity index (χ1n) is 7.47. The van der Waals surface area contributed by atoms with Crippen molar-refractivity contribution in [1.29, 1.82) is 0 Å². The average molecular weight is 316 g/mol. The minimum Gasteiger partial charge on any atom is -0.333 e. The Morgan fingerprint density at radius 2 is 2.08 bits per heavy atom. The van der Waals surface area contributed by atoms with E-state index in [1.165, 1.54) is 0 Å². The van der Waals surface area contributed by atoms with Gasteiger partial charge in [-0.15, -0.1) is 6.42 Å². The van der Waals surface area contributed by atoms with E-state index < -0.39 is 0 Å². The molecule has 2 heterocycles. The highest BCUT2D eigenvalue weighted by Gasteiger charge is 2.11. The van der Waals surface area contributed by atoms with Crippen LogP contribution in [0.15, 0.2) is 53.9 Å². The second-order valence-electron chi connectivity index (χ2n) is 5.24. The second kappa shape index (κ2) is 6.80. The molecule has 2 aromatic heterocycles. The number of benzene rings is 1. The summed E-state index contributed by atoms with van der Waals surface area (Å²) in [5, 5.41) is 5.14. The quantitative estimate of drug-likeness (QED) is 0.457. The number of amides is 1. The average Bonchev–Trinajstić information content (AvgIpc) is 2.88. The first kappa shape index (κ1) is 15.5. The van der Waals surface area contributed by atoms with Gasteiger partial charge < -0.3 is 4.57 Å². The Labute approximate surface area is 140 Å². The summed E-state index contributed by atoms with van der Waals surface area (Å²) in [4.78, 5) is 15.9. The smallest absolute Gasteiger partial charge is 0.271 e. The molecular weight excluding hydrogens is 300 g/mol. The van der Waals surface area contributed by atoms with E-state index in [2.05, 4.69) is 26.0 Å². The molecule has 0 aliphatic rings. The fourth-order valence-corrected chi connectivity index (χ4v) is 2.64. The summed E-state index contributed by atoms with van der Waals surface area (Å²) in [5.74, 6) is 2.39. The molecule has 3 aromatic rings. The molecule has 5 heteroatoms. The fourth-order valence-electron chi connectivity index (χ4n) is 2.64. The van der Waals surface area contributed by atoms with Gasteiger partial charge >= 0.3 is 0 Å². The Kier molecular flexibility index (Phi) is 4.39. The van der Waals surface area contributed by atoms with E-state index >= 15 is 0 Å². The molecule has 0 aliphatic carbocycles. The molecule has 0 bridgehead atoms. The van der Waals surface area contributed by atoms with Gasteiger partial charge in [-0.2, -0.15) is 5.10 Å². The maximum absolute atomic E-state index is 12.0. The number of hydrogen-bond acceptors (Lipinski definition) is 3. The Bertz CT molecular complexity index is 949. The minimum atomic E-state index is -0.279. The summed E-state index contributed by atoms with van der Waals surface area (Å²) < 4.78 is 2.06. The Balaban J connectivity index is 1.89. The molecule has 118 valence electrons. The van der Waals surface area contributed by atoms with Gasteiger partial charge in [-0.3, -0.25) is 9.78 Å². The summed E-state index contributed by atoms with van der Waals surface area (Å²) in [6, 6.07) is 11.2. The van der Waals surface area contributed by atoms with Crippen molar-refractivity contribution in [3.63, 3.8) is 0 Å². The first-order chi connectivity index (χ1) is 11.7. The largest absolute Gasteiger partial charge is 0.333 e. The zero-order valence-electron chi connectivity index (χ0n) is 13.2. The molecule has 0 fully saturated rings. The number of carbonyl (C=O) groups is 1. The van der Waals surface area contributed by atoms with E-state index in [1.54, 1.807) is 30.7 Å². The lowest BCUT2D eigenvalue weighted by Crippen LogP contribution is -2.17. The number of carbonyl (C=O) groups excluding carboxylic acids is 1. The van der Waals surface area contributed by atoms with Gasteiger partial charge in [0, 0.05) is 40.1 Å². The molecule has 1 aromatic carbocycles. The van der Waals surface area contributed by atoms with Crippen molar-refractivity contribution in [3.05, 3.63) is 65.6 Å². The highest BCUT2D eigenvalue weighted by atomic mass is 16.2. The number of pyridine rings is 1. The zero-order chi connectivity index (χ0) is 16.9. The Morgan fingerprint density at radius 3 is 2.83 bits per heavy atom. The third-order valence-corrected chi connectivity index (χ3v) is 3.83. The van der Waals surface area contributed by atoms with Gasteiger partial charge in [0.15, 0.2) is 0 Å². The molecule has 24 heavy (non-hydrogen) atoms. The Morgan fingerprint density at radius 1 is 1.33 bits per heavy atom. The number of nitrogens with one attached hydrogen (secondary N) is 1. The van der Waals surface area contributed by atoms with Crippen LogP contribution in [0.3, 0.4) is 0 Å². The van der Waals surface area contributed by atoms with Crippen molar-refractivity contribution < 1.29 is 4.79 Å². The molecular formula is C19H16N4O. The third-order valence-electron chi connectivity index (χ3n) is 3.83. The van der Waals surface area contributed by atoms with Crippen molar-refractivity contribution in [1.82, 2.24) is 15.0 Å². The SMILES string of the molecule is C#CCn1c(C)c(/C=N\NC(=O)c2ccncc2)c2ccccc21. The number of aromatic nitrogens is 2. The molecule has 0 spiro atoms. The van der Waals surface area contributed by atoms with E-state index in [0.29, 0.717) is 12.1 Å². The van der Waals surface area contributed by atoms with Crippen LogP contribution < -0.4 is 5.43 Å². The van der Waals surface area contributed by atoms with Crippen molar-refractivity contribution in [2.75, 3.05) is 0 Å². The maximum atomic E-state index is 12.0. The lowest BCUT2D eigenvalue weighted by atomic mass is 10.1. The number of hydrazone groups is 1. The summed E-state index contributed by atoms with van der Waals surface area (Å²) in [5.41, 5.74) is 6.04. The molecule has 0 unspecified atom stereocenters. The second-order valence-corrected chi connectivity index (χ2v) is 5.24. The summed E-state index contributed by atoms with van der Waals surface area (Å²) in [6.07, 6.45) is 10.3. The van der Waals surface area contributed by atoms with Crippen LogP contribution in [0.2, 0.25) is 0 Å². The van der Waals surface area contributed by atoms with Gasteiger partial charge in [0.25, 0.3) is 5.91 Å². The molecule has 0 atom stereocenters. The molecule has 3 rings (SSSR count). The number of fused-ring (bicyclic) bond motifs is 1. The van der Waals surface area contributed by atoms with E-state index in [9.17, 15) is 4.79 Å². The molecule has 0 aliphatic heterocycles. The first-order valence-corrected chi connectivity index (χ1v) is 7.47. The van der Waals surface area contributed by atoms with Gasteiger partial charge in [-0.05, 0) is 25.1 Å². The van der Waals surface area contributed by atoms with Crippen LogP contribution in [0.1, 0.15) is 21.6 Å². The van der Waals surface area contributed by atoms with Crippen LogP contribution in [-0.2, 0) is 6.54 Å². The maximum Gasteiger partial charge on any atom is 0.271 e. The van der Waals surface area contributed by atoms with Crippen molar-refractivity contribution in [3.8, 4) is 12.3 Å². The van der Waals surface area contributed by atoms with Crippen molar-refractivity contribution in [2.45, 2.75) is 13.5 Å². The minimum absolute atomic E-state index is 0.279. The zero-order valence-corrected chi connectivity index (χ0v) is 13.2. The molecule has 1 N–H and O–H groups in total. The lowest BCUT2D eigenvalue weighted by Gasteiger charge is -2.02. The van der Waals surface area contributed by atoms with Gasteiger partial charge in [0.1, 0.15) is 0 Å². The van der Waals surface area contributed by atoms with E-state index in [-0.39, 0.29) is 5.91 Å². The van der Waals surface area contributed by atoms with E-state index in [1.807, 2.05) is 31.2 Å². The standard InChI is InChI=1S/C19H16N4O/c1-3-12-23-14(2)17(16-6-4-5-7-18(16)23)13-21-22-19(24)15-8-10-20-11-9-15/h1,4-11,13H,12H2,2H3,(H,22,24)/b21-13-. The predicted molar refractivity (Wildman–Crippen MR) is 94.8 cm³/mol. The molecule has 1 amide bonds. The number of terminal acetylenes is 1. The fraction of sp³-hybridized carbons (Fsp3) is 0.105. The van der Waals surface area contributed by atoms with Gasteiger partial charge in [-0.1, -0.05) is 24.1 Å². The van der Waals surface area contributed by atoms with Gasteiger partial charge in [0.05, 0.1) is 12.8 Å². The highest BCUT2D eigenvalue weighted by molar-refractivity contribution is 6.02. The van der Waals surface area contributed by atoms with E-state index in [0.717, 1.165) is 22.2 Å². The van der Waals surface area contributed by atoms with Crippen LogP contribution in [0.5, 0.6) is 0 Å². The van der Waals surface area contributed by atoms with Gasteiger partial charge in [0.2, 0.25) is 0 Å². The predicted octanol–water partition coefficient (Wildman–Crippen LogP) is 2.74. The summed E-state index contributed by atoms with van der Waals surface area (Å²) in [7, 11) is 0. The van der Waals surface area contributed by atoms with Crippen LogP contribution in [0.4, 0.5) is 0 Å². The number of hydrogen-bond donors (Lipinski definition) is 1. The number of nitrogens with zero attached hydrogens (tertiary/aromatic N) is 3. The van der Waals surface area contributed by atoms with Crippen LogP contribution in [-0.4, -0.2) is 21.7 Å². The summed E-state index contributed by atoms with van der Waals surface area (Å²) >= 11 is 0. The van der Waals surface area contributed by atoms with Crippen molar-refractivity contribution >= 4 is 23.0 Å². The number of para-hydroxylation sites is 1. The monoisotopic (exact) mass is 316 g/mol. The third kappa shape index (κ3) is 2.90. The summed E-state index contributed by atoms with van der Waals surface area (Å²) in [6.45, 7) is 2.48. The van der Waals surface area contributed by atoms with Crippen LogP contribution in [0.25, 0.3) is 10.9 Å². The number of rotatable bonds is 4. The van der Waals surface area contributed by atoms with Crippen LogP contribution >= 0.6 is 0 Å². The molecule has 5 nitrogen and oxygen atoms in total. The molecule has 0 saturated carbocycles. The van der Waals surface area contributed by atoms with E-state index in [4.69, 9.17) is 6.42 Å². The topological polar surface area (TPSA) is 59.3 Å². The molecule has 0 radical (unpaired) electrons. The highest BCUT2D eigenvalue weighted by Crippen LogP contribution is 2.24. The molecule has 0 saturated heterocycles.